The van der Waals surface area contributed by atoms with E-state index in [1.807, 2.05) is 36.4 Å². The third kappa shape index (κ3) is 3.44. The molecule has 4 nitrogen and oxygen atoms in total. The first-order chi connectivity index (χ1) is 9.24. The van der Waals surface area contributed by atoms with E-state index in [1.165, 1.54) is 0 Å². The van der Waals surface area contributed by atoms with Gasteiger partial charge in [-0.3, -0.25) is 11.3 Å². The van der Waals surface area contributed by atoms with Gasteiger partial charge in [0.05, 0.1) is 13.2 Å². The quantitative estimate of drug-likeness (QED) is 0.651. The van der Waals surface area contributed by atoms with Crippen LogP contribution in [-0.4, -0.2) is 12.1 Å². The van der Waals surface area contributed by atoms with E-state index in [9.17, 15) is 0 Å². The lowest BCUT2D eigenvalue weighted by atomic mass is 10.0. The zero-order chi connectivity index (χ0) is 13.7. The summed E-state index contributed by atoms with van der Waals surface area (Å²) in [6, 6.07) is 11.4. The van der Waals surface area contributed by atoms with Crippen molar-refractivity contribution in [1.29, 1.82) is 0 Å². The number of pyridine rings is 1. The third-order valence-corrected chi connectivity index (χ3v) is 3.18. The van der Waals surface area contributed by atoms with E-state index in [1.54, 1.807) is 13.3 Å². The van der Waals surface area contributed by atoms with Crippen molar-refractivity contribution in [2.75, 3.05) is 7.11 Å². The maximum Gasteiger partial charge on any atom is 0.217 e. The molecule has 3 N–H and O–H groups in total. The van der Waals surface area contributed by atoms with Crippen LogP contribution in [0, 0.1) is 0 Å². The molecule has 0 aliphatic carbocycles. The Bertz CT molecular complexity index is 530. The normalized spacial score (nSPS) is 12.2. The fourth-order valence-corrected chi connectivity index (χ4v) is 2.08. The average molecular weight is 278 g/mol. The predicted molar refractivity (Wildman–Crippen MR) is 76.0 cm³/mol. The molecule has 0 radical (unpaired) electrons. The van der Waals surface area contributed by atoms with Crippen LogP contribution < -0.4 is 16.0 Å². The average Bonchev–Trinajstić information content (AvgIpc) is 2.46. The van der Waals surface area contributed by atoms with Gasteiger partial charge in [-0.15, -0.1) is 0 Å². The number of aromatic nitrogens is 1. The predicted octanol–water partition coefficient (Wildman–Crippen LogP) is 2.49. The zero-order valence-electron chi connectivity index (χ0n) is 10.6. The summed E-state index contributed by atoms with van der Waals surface area (Å²) in [5.74, 6) is 6.23. The smallest absolute Gasteiger partial charge is 0.217 e. The number of nitrogens with zero attached hydrogens (tertiary/aromatic N) is 1. The number of rotatable bonds is 5. The molecular weight excluding hydrogens is 262 g/mol. The van der Waals surface area contributed by atoms with Crippen LogP contribution in [0.1, 0.15) is 17.2 Å². The van der Waals surface area contributed by atoms with Crippen molar-refractivity contribution >= 4 is 11.6 Å². The van der Waals surface area contributed by atoms with Gasteiger partial charge in [0.1, 0.15) is 0 Å². The van der Waals surface area contributed by atoms with Crippen LogP contribution in [0.2, 0.25) is 5.02 Å². The largest absolute Gasteiger partial charge is 0.481 e. The van der Waals surface area contributed by atoms with E-state index in [0.717, 1.165) is 22.6 Å². The summed E-state index contributed by atoms with van der Waals surface area (Å²) in [7, 11) is 1.60. The molecule has 0 spiro atoms. The van der Waals surface area contributed by atoms with Gasteiger partial charge in [0.2, 0.25) is 5.88 Å². The molecule has 1 unspecified atom stereocenters. The number of benzene rings is 1. The molecule has 1 aromatic carbocycles. The number of halogens is 1. The molecule has 1 atom stereocenters. The van der Waals surface area contributed by atoms with E-state index in [2.05, 4.69) is 10.4 Å². The highest BCUT2D eigenvalue weighted by Gasteiger charge is 2.15. The Kier molecular flexibility index (Phi) is 4.74. The van der Waals surface area contributed by atoms with E-state index >= 15 is 0 Å². The Hall–Kier alpha value is -1.62. The highest BCUT2D eigenvalue weighted by molar-refractivity contribution is 6.30. The lowest BCUT2D eigenvalue weighted by Crippen LogP contribution is -2.30. The molecule has 100 valence electrons. The molecule has 0 saturated carbocycles. The van der Waals surface area contributed by atoms with Crippen LogP contribution in [0.15, 0.2) is 42.6 Å². The fraction of sp³-hybridized carbons (Fsp3) is 0.214. The molecule has 2 aromatic rings. The molecule has 5 heteroatoms. The van der Waals surface area contributed by atoms with E-state index in [0.29, 0.717) is 5.88 Å². The summed E-state index contributed by atoms with van der Waals surface area (Å²) in [4.78, 5) is 4.18. The van der Waals surface area contributed by atoms with Crippen molar-refractivity contribution in [2.45, 2.75) is 12.5 Å². The van der Waals surface area contributed by atoms with E-state index < -0.39 is 0 Å². The standard InChI is InChI=1S/C14H16ClN3O/c1-19-14-12(3-2-8-17-14)13(18-16)9-10-4-6-11(15)7-5-10/h2-8,13,18H,9,16H2,1H3. The van der Waals surface area contributed by atoms with Gasteiger partial charge in [0.15, 0.2) is 0 Å². The monoisotopic (exact) mass is 277 g/mol. The van der Waals surface area contributed by atoms with Gasteiger partial charge in [-0.05, 0) is 30.2 Å². The van der Waals surface area contributed by atoms with Crippen molar-refractivity contribution in [3.8, 4) is 5.88 Å². The number of hydrogen-bond acceptors (Lipinski definition) is 4. The molecular formula is C14H16ClN3O. The van der Waals surface area contributed by atoms with Crippen LogP contribution in [0.4, 0.5) is 0 Å². The summed E-state index contributed by atoms with van der Waals surface area (Å²) in [5.41, 5.74) is 4.87. The summed E-state index contributed by atoms with van der Waals surface area (Å²) < 4.78 is 5.26. The van der Waals surface area contributed by atoms with Crippen molar-refractivity contribution in [1.82, 2.24) is 10.4 Å². The van der Waals surface area contributed by atoms with Crippen molar-refractivity contribution < 1.29 is 4.74 Å². The first kappa shape index (κ1) is 13.8. The van der Waals surface area contributed by atoms with Crippen LogP contribution in [0.25, 0.3) is 0 Å². The Morgan fingerprint density at radius 1 is 1.32 bits per heavy atom. The molecule has 0 aliphatic heterocycles. The zero-order valence-corrected chi connectivity index (χ0v) is 11.4. The van der Waals surface area contributed by atoms with Gasteiger partial charge in [0.25, 0.3) is 0 Å². The fourth-order valence-electron chi connectivity index (χ4n) is 1.95. The van der Waals surface area contributed by atoms with Crippen LogP contribution >= 0.6 is 11.6 Å². The minimum Gasteiger partial charge on any atom is -0.481 e. The maximum absolute atomic E-state index is 5.88. The summed E-state index contributed by atoms with van der Waals surface area (Å²) in [5, 5.41) is 0.722. The topological polar surface area (TPSA) is 60.2 Å². The van der Waals surface area contributed by atoms with Crippen LogP contribution in [-0.2, 0) is 6.42 Å². The Morgan fingerprint density at radius 3 is 2.68 bits per heavy atom. The number of hydrogen-bond donors (Lipinski definition) is 2. The summed E-state index contributed by atoms with van der Waals surface area (Å²) in [6.07, 6.45) is 2.42. The molecule has 0 bridgehead atoms. The first-order valence-electron chi connectivity index (χ1n) is 5.94. The number of methoxy groups -OCH3 is 1. The first-order valence-corrected chi connectivity index (χ1v) is 6.32. The molecule has 2 rings (SSSR count). The highest BCUT2D eigenvalue weighted by atomic mass is 35.5. The Labute approximate surface area is 117 Å². The molecule has 19 heavy (non-hydrogen) atoms. The lowest BCUT2D eigenvalue weighted by molar-refractivity contribution is 0.382. The molecule has 0 fully saturated rings. The minimum absolute atomic E-state index is 0.0650. The number of hydrazine groups is 1. The number of nitrogens with one attached hydrogen (secondary N) is 1. The Balaban J connectivity index is 2.22. The molecule has 0 saturated heterocycles. The molecule has 1 heterocycles. The molecule has 0 aliphatic rings. The minimum atomic E-state index is -0.0650. The molecule has 0 amide bonds. The van der Waals surface area contributed by atoms with E-state index in [4.69, 9.17) is 22.2 Å². The van der Waals surface area contributed by atoms with Crippen LogP contribution in [0.3, 0.4) is 0 Å². The number of nitrogens with two attached hydrogens (primary N) is 1. The second-order valence-corrected chi connectivity index (χ2v) is 4.59. The SMILES string of the molecule is COc1ncccc1C(Cc1ccc(Cl)cc1)NN. The lowest BCUT2D eigenvalue weighted by Gasteiger charge is -2.18. The second-order valence-electron chi connectivity index (χ2n) is 4.15. The number of ether oxygens (including phenoxy) is 1. The maximum atomic E-state index is 5.88. The van der Waals surface area contributed by atoms with Gasteiger partial charge in [-0.2, -0.15) is 0 Å². The third-order valence-electron chi connectivity index (χ3n) is 2.92. The van der Waals surface area contributed by atoms with Gasteiger partial charge >= 0.3 is 0 Å². The second kappa shape index (κ2) is 6.52. The van der Waals surface area contributed by atoms with Crippen molar-refractivity contribution in [3.05, 3.63) is 58.7 Å². The molecule has 1 aromatic heterocycles. The van der Waals surface area contributed by atoms with Crippen LogP contribution in [0.5, 0.6) is 5.88 Å². The van der Waals surface area contributed by atoms with Gasteiger partial charge in [0, 0.05) is 16.8 Å². The van der Waals surface area contributed by atoms with Crippen molar-refractivity contribution in [2.24, 2.45) is 5.84 Å². The Morgan fingerprint density at radius 2 is 2.05 bits per heavy atom. The van der Waals surface area contributed by atoms with Crippen molar-refractivity contribution in [3.63, 3.8) is 0 Å². The van der Waals surface area contributed by atoms with Gasteiger partial charge in [-0.25, -0.2) is 4.98 Å². The van der Waals surface area contributed by atoms with Gasteiger partial charge < -0.3 is 4.74 Å². The highest BCUT2D eigenvalue weighted by Crippen LogP contribution is 2.25. The van der Waals surface area contributed by atoms with Gasteiger partial charge in [-0.1, -0.05) is 29.8 Å². The summed E-state index contributed by atoms with van der Waals surface area (Å²) >= 11 is 5.88. The van der Waals surface area contributed by atoms with E-state index in [-0.39, 0.29) is 6.04 Å². The summed E-state index contributed by atoms with van der Waals surface area (Å²) in [6.45, 7) is 0.